The Morgan fingerprint density at radius 3 is 2.53 bits per heavy atom. The van der Waals surface area contributed by atoms with Gasteiger partial charge in [0.15, 0.2) is 0 Å². The van der Waals surface area contributed by atoms with Crippen LogP contribution in [0, 0.1) is 6.92 Å². The number of aromatic nitrogens is 1. The fraction of sp³-hybridized carbons (Fsp3) is 0.571. The van der Waals surface area contributed by atoms with Crippen molar-refractivity contribution in [3.63, 3.8) is 0 Å². The molecule has 0 saturated heterocycles. The van der Waals surface area contributed by atoms with E-state index in [0.717, 1.165) is 12.8 Å². The highest BCUT2D eigenvalue weighted by atomic mass is 35.5. The minimum atomic E-state index is -0.102. The molecule has 106 valence electrons. The molecule has 4 nitrogen and oxygen atoms in total. The van der Waals surface area contributed by atoms with Crippen molar-refractivity contribution >= 4 is 17.5 Å². The van der Waals surface area contributed by atoms with Crippen molar-refractivity contribution in [1.82, 2.24) is 9.88 Å². The summed E-state index contributed by atoms with van der Waals surface area (Å²) in [5, 5.41) is 9.47. The third kappa shape index (κ3) is 4.18. The lowest BCUT2D eigenvalue weighted by atomic mass is 10.1. The van der Waals surface area contributed by atoms with Crippen molar-refractivity contribution in [2.24, 2.45) is 0 Å². The molecule has 1 rings (SSSR count). The van der Waals surface area contributed by atoms with Crippen LogP contribution in [0.25, 0.3) is 0 Å². The zero-order valence-electron chi connectivity index (χ0n) is 11.7. The van der Waals surface area contributed by atoms with Gasteiger partial charge < -0.3 is 10.0 Å². The highest BCUT2D eigenvalue weighted by Gasteiger charge is 2.22. The lowest BCUT2D eigenvalue weighted by Gasteiger charge is -2.30. The van der Waals surface area contributed by atoms with Gasteiger partial charge in [0.25, 0.3) is 5.91 Å². The first-order valence-electron chi connectivity index (χ1n) is 6.59. The Balaban J connectivity index is 3.04. The number of aryl methyl sites for hydroxylation is 1. The average molecular weight is 285 g/mol. The number of hydrogen-bond donors (Lipinski definition) is 1. The number of pyridine rings is 1. The third-order valence-corrected chi connectivity index (χ3v) is 3.35. The van der Waals surface area contributed by atoms with Gasteiger partial charge in [0.2, 0.25) is 0 Å². The van der Waals surface area contributed by atoms with Gasteiger partial charge in [-0.15, -0.1) is 0 Å². The van der Waals surface area contributed by atoms with Gasteiger partial charge in [-0.05, 0) is 31.9 Å². The first kappa shape index (κ1) is 15.9. The molecule has 0 atom stereocenters. The SMILES string of the molecule is CCC(CC)N(CCO)C(=O)c1cc(C)nc(Cl)c1. The summed E-state index contributed by atoms with van der Waals surface area (Å²) in [6.45, 7) is 6.17. The number of rotatable bonds is 6. The van der Waals surface area contributed by atoms with Crippen molar-refractivity contribution in [2.45, 2.75) is 39.7 Å². The molecule has 0 aliphatic heterocycles. The molecule has 0 fully saturated rings. The Bertz CT molecular complexity index is 413. The van der Waals surface area contributed by atoms with Crippen LogP contribution in [0.15, 0.2) is 12.1 Å². The molecule has 1 amide bonds. The van der Waals surface area contributed by atoms with Gasteiger partial charge in [-0.25, -0.2) is 4.98 Å². The van der Waals surface area contributed by atoms with Crippen LogP contribution < -0.4 is 0 Å². The van der Waals surface area contributed by atoms with E-state index in [1.165, 1.54) is 0 Å². The quantitative estimate of drug-likeness (QED) is 0.817. The van der Waals surface area contributed by atoms with E-state index in [2.05, 4.69) is 4.98 Å². The van der Waals surface area contributed by atoms with Crippen LogP contribution in [-0.2, 0) is 0 Å². The lowest BCUT2D eigenvalue weighted by molar-refractivity contribution is 0.0622. The molecule has 5 heteroatoms. The molecule has 1 heterocycles. The van der Waals surface area contributed by atoms with Crippen molar-refractivity contribution in [3.8, 4) is 0 Å². The molecular weight excluding hydrogens is 264 g/mol. The van der Waals surface area contributed by atoms with Gasteiger partial charge >= 0.3 is 0 Å². The molecule has 0 radical (unpaired) electrons. The summed E-state index contributed by atoms with van der Waals surface area (Å²) in [5.41, 5.74) is 1.24. The third-order valence-electron chi connectivity index (χ3n) is 3.15. The minimum Gasteiger partial charge on any atom is -0.395 e. The van der Waals surface area contributed by atoms with Gasteiger partial charge in [-0.2, -0.15) is 0 Å². The predicted molar refractivity (Wildman–Crippen MR) is 76.5 cm³/mol. The summed E-state index contributed by atoms with van der Waals surface area (Å²) in [4.78, 5) is 18.3. The molecule has 0 aromatic carbocycles. The van der Waals surface area contributed by atoms with E-state index in [1.54, 1.807) is 24.0 Å². The smallest absolute Gasteiger partial charge is 0.254 e. The van der Waals surface area contributed by atoms with E-state index < -0.39 is 0 Å². The van der Waals surface area contributed by atoms with Crippen molar-refractivity contribution < 1.29 is 9.90 Å². The maximum Gasteiger partial charge on any atom is 0.254 e. The van der Waals surface area contributed by atoms with Crippen LogP contribution >= 0.6 is 11.6 Å². The Hall–Kier alpha value is -1.13. The maximum absolute atomic E-state index is 12.5. The molecule has 1 N–H and O–H groups in total. The molecule has 0 aliphatic rings. The Kier molecular flexibility index (Phi) is 6.25. The molecule has 1 aromatic rings. The van der Waals surface area contributed by atoms with Crippen LogP contribution in [0.1, 0.15) is 42.7 Å². The predicted octanol–water partition coefficient (Wildman–Crippen LogP) is 2.67. The van der Waals surface area contributed by atoms with Gasteiger partial charge in [0.05, 0.1) is 6.61 Å². The monoisotopic (exact) mass is 284 g/mol. The second kappa shape index (κ2) is 7.46. The number of halogens is 1. The molecule has 0 saturated carbocycles. The Morgan fingerprint density at radius 1 is 1.42 bits per heavy atom. The van der Waals surface area contributed by atoms with Crippen molar-refractivity contribution in [2.75, 3.05) is 13.2 Å². The summed E-state index contributed by atoms with van der Waals surface area (Å²) in [7, 11) is 0. The number of amides is 1. The highest BCUT2D eigenvalue weighted by Crippen LogP contribution is 2.16. The van der Waals surface area contributed by atoms with Crippen molar-refractivity contribution in [3.05, 3.63) is 28.5 Å². The number of aliphatic hydroxyl groups excluding tert-OH is 1. The van der Waals surface area contributed by atoms with Crippen LogP contribution in [-0.4, -0.2) is 40.1 Å². The minimum absolute atomic E-state index is 0.0416. The zero-order chi connectivity index (χ0) is 14.4. The van der Waals surface area contributed by atoms with Gasteiger partial charge in [0.1, 0.15) is 5.15 Å². The van der Waals surface area contributed by atoms with Gasteiger partial charge in [-0.1, -0.05) is 25.4 Å². The van der Waals surface area contributed by atoms with Gasteiger partial charge in [0, 0.05) is 23.8 Å². The van der Waals surface area contributed by atoms with Crippen LogP contribution in [0.4, 0.5) is 0 Å². The summed E-state index contributed by atoms with van der Waals surface area (Å²) in [6, 6.07) is 3.43. The van der Waals surface area contributed by atoms with Crippen molar-refractivity contribution in [1.29, 1.82) is 0 Å². The van der Waals surface area contributed by atoms with Crippen LogP contribution in [0.3, 0.4) is 0 Å². The number of carbonyl (C=O) groups excluding carboxylic acids is 1. The first-order valence-corrected chi connectivity index (χ1v) is 6.97. The Labute approximate surface area is 119 Å². The zero-order valence-corrected chi connectivity index (χ0v) is 12.4. The summed E-state index contributed by atoms with van der Waals surface area (Å²) in [5.74, 6) is -0.102. The van der Waals surface area contributed by atoms with E-state index in [9.17, 15) is 4.79 Å². The van der Waals surface area contributed by atoms with E-state index in [0.29, 0.717) is 23.0 Å². The second-order valence-corrected chi connectivity index (χ2v) is 4.90. The molecule has 0 bridgehead atoms. The summed E-state index contributed by atoms with van der Waals surface area (Å²) in [6.07, 6.45) is 1.72. The molecule has 0 unspecified atom stereocenters. The summed E-state index contributed by atoms with van der Waals surface area (Å²) < 4.78 is 0. The number of nitrogens with zero attached hydrogens (tertiary/aromatic N) is 2. The highest BCUT2D eigenvalue weighted by molar-refractivity contribution is 6.29. The van der Waals surface area contributed by atoms with E-state index in [1.807, 2.05) is 13.8 Å². The van der Waals surface area contributed by atoms with E-state index in [-0.39, 0.29) is 18.6 Å². The fourth-order valence-corrected chi connectivity index (χ4v) is 2.46. The maximum atomic E-state index is 12.5. The second-order valence-electron chi connectivity index (χ2n) is 4.51. The number of aliphatic hydroxyl groups is 1. The topological polar surface area (TPSA) is 53.4 Å². The van der Waals surface area contributed by atoms with Crippen LogP contribution in [0.5, 0.6) is 0 Å². The standard InChI is InChI=1S/C14H21ClN2O2/c1-4-12(5-2)17(6-7-18)14(19)11-8-10(3)16-13(15)9-11/h8-9,12,18H,4-7H2,1-3H3. The van der Waals surface area contributed by atoms with Crippen LogP contribution in [0.2, 0.25) is 5.15 Å². The van der Waals surface area contributed by atoms with E-state index >= 15 is 0 Å². The lowest BCUT2D eigenvalue weighted by Crippen LogP contribution is -2.41. The average Bonchev–Trinajstić information content (AvgIpc) is 2.37. The molecule has 1 aromatic heterocycles. The molecule has 0 spiro atoms. The fourth-order valence-electron chi connectivity index (χ4n) is 2.20. The normalized spacial score (nSPS) is 10.8. The van der Waals surface area contributed by atoms with Gasteiger partial charge in [-0.3, -0.25) is 4.79 Å². The number of hydrogen-bond acceptors (Lipinski definition) is 3. The molecule has 0 aliphatic carbocycles. The van der Waals surface area contributed by atoms with E-state index in [4.69, 9.17) is 16.7 Å². The number of carbonyl (C=O) groups is 1. The molecule has 19 heavy (non-hydrogen) atoms. The molecular formula is C14H21ClN2O2. The Morgan fingerprint density at radius 2 is 2.05 bits per heavy atom. The summed E-state index contributed by atoms with van der Waals surface area (Å²) >= 11 is 5.89. The first-order chi connectivity index (χ1) is 9.03. The largest absolute Gasteiger partial charge is 0.395 e.